The zero-order valence-corrected chi connectivity index (χ0v) is 16.1. The molecule has 2 aromatic rings. The summed E-state index contributed by atoms with van der Waals surface area (Å²) in [7, 11) is 3.20. The molecule has 0 aliphatic carbocycles. The van der Waals surface area contributed by atoms with E-state index >= 15 is 0 Å². The molecule has 0 spiro atoms. The van der Waals surface area contributed by atoms with Crippen molar-refractivity contribution >= 4 is 34.8 Å². The van der Waals surface area contributed by atoms with Gasteiger partial charge in [0.15, 0.2) is 16.6 Å². The van der Waals surface area contributed by atoms with Crippen molar-refractivity contribution in [1.82, 2.24) is 5.32 Å². The second kappa shape index (κ2) is 10.2. The van der Waals surface area contributed by atoms with Gasteiger partial charge in [0.05, 0.1) is 14.2 Å². The topological polar surface area (TPSA) is 42.5 Å². The van der Waals surface area contributed by atoms with Crippen molar-refractivity contribution in [2.75, 3.05) is 26.1 Å². The van der Waals surface area contributed by atoms with Gasteiger partial charge in [-0.2, -0.15) is 8.78 Å². The van der Waals surface area contributed by atoms with Crippen LogP contribution >= 0.6 is 24.0 Å². The van der Waals surface area contributed by atoms with Crippen LogP contribution in [0.1, 0.15) is 5.56 Å². The third kappa shape index (κ3) is 6.34. The monoisotopic (exact) mass is 398 g/mol. The van der Waals surface area contributed by atoms with E-state index in [4.69, 9.17) is 21.7 Å². The van der Waals surface area contributed by atoms with Crippen molar-refractivity contribution in [3.8, 4) is 11.5 Å². The Morgan fingerprint density at radius 3 is 2.38 bits per heavy atom. The Hall–Kier alpha value is -2.06. The number of thiocarbonyl (C=S) groups is 1. The summed E-state index contributed by atoms with van der Waals surface area (Å²) in [5.41, 5.74) is 1.83. The number of nitrogens with one attached hydrogen (secondary N) is 2. The van der Waals surface area contributed by atoms with Crippen LogP contribution in [0.5, 0.6) is 11.5 Å². The lowest BCUT2D eigenvalue weighted by Gasteiger charge is -2.12. The highest BCUT2D eigenvalue weighted by atomic mass is 32.2. The summed E-state index contributed by atoms with van der Waals surface area (Å²) in [4.78, 5) is 0.512. The van der Waals surface area contributed by atoms with Gasteiger partial charge in [0.1, 0.15) is 0 Å². The quantitative estimate of drug-likeness (QED) is 0.502. The number of halogens is 2. The van der Waals surface area contributed by atoms with Gasteiger partial charge in [0.25, 0.3) is 5.76 Å². The van der Waals surface area contributed by atoms with Crippen LogP contribution < -0.4 is 20.1 Å². The van der Waals surface area contributed by atoms with Crippen molar-refractivity contribution < 1.29 is 18.3 Å². The summed E-state index contributed by atoms with van der Waals surface area (Å²) in [5, 5.41) is 6.62. The molecule has 0 saturated carbocycles. The lowest BCUT2D eigenvalue weighted by Crippen LogP contribution is -2.30. The molecule has 2 N–H and O–H groups in total. The molecule has 0 atom stereocenters. The number of benzene rings is 2. The average molecular weight is 399 g/mol. The molecule has 0 aliphatic heterocycles. The van der Waals surface area contributed by atoms with Crippen molar-refractivity contribution in [1.29, 1.82) is 0 Å². The highest BCUT2D eigenvalue weighted by Gasteiger charge is 2.06. The first-order chi connectivity index (χ1) is 12.5. The summed E-state index contributed by atoms with van der Waals surface area (Å²) >= 11 is 5.76. The van der Waals surface area contributed by atoms with E-state index in [9.17, 15) is 8.78 Å². The number of ether oxygens (including phenoxy) is 2. The predicted molar refractivity (Wildman–Crippen MR) is 106 cm³/mol. The zero-order chi connectivity index (χ0) is 18.9. The van der Waals surface area contributed by atoms with Crippen LogP contribution in [-0.4, -0.2) is 31.6 Å². The van der Waals surface area contributed by atoms with Gasteiger partial charge in [-0.25, -0.2) is 0 Å². The molecule has 0 aromatic heterocycles. The molecule has 0 radical (unpaired) electrons. The number of alkyl halides is 2. The molecule has 2 aromatic carbocycles. The molecule has 2 rings (SSSR count). The molecule has 0 fully saturated rings. The summed E-state index contributed by atoms with van der Waals surface area (Å²) in [6, 6.07) is 12.5. The van der Waals surface area contributed by atoms with Crippen LogP contribution in [0, 0.1) is 0 Å². The van der Waals surface area contributed by atoms with E-state index in [1.54, 1.807) is 38.5 Å². The van der Waals surface area contributed by atoms with Crippen LogP contribution in [0.15, 0.2) is 47.4 Å². The minimum absolute atomic E-state index is 0.472. The number of anilines is 1. The van der Waals surface area contributed by atoms with Gasteiger partial charge < -0.3 is 20.1 Å². The number of thioether (sulfide) groups is 1. The molecule has 0 bridgehead atoms. The fraction of sp³-hybridized carbons (Fsp3) is 0.278. The molecule has 8 heteroatoms. The summed E-state index contributed by atoms with van der Waals surface area (Å²) in [6.45, 7) is 0.640. The number of methoxy groups -OCH3 is 2. The van der Waals surface area contributed by atoms with Crippen molar-refractivity contribution in [2.24, 2.45) is 0 Å². The van der Waals surface area contributed by atoms with Crippen LogP contribution in [0.3, 0.4) is 0 Å². The molecule has 0 amide bonds. The smallest absolute Gasteiger partial charge is 0.288 e. The maximum absolute atomic E-state index is 12.3. The van der Waals surface area contributed by atoms with Gasteiger partial charge in [0, 0.05) is 17.1 Å². The standard InChI is InChI=1S/C18H20F2N2O2S2/c1-23-15-8-3-12(11-16(15)24-2)9-10-21-18(25)22-13-4-6-14(7-5-13)26-17(19)20/h3-8,11,17H,9-10H2,1-2H3,(H2,21,22,25). The van der Waals surface area contributed by atoms with Crippen LogP contribution in [0.25, 0.3) is 0 Å². The number of hydrogen-bond acceptors (Lipinski definition) is 4. The maximum atomic E-state index is 12.3. The molecule has 4 nitrogen and oxygen atoms in total. The normalized spacial score (nSPS) is 10.5. The van der Waals surface area contributed by atoms with E-state index in [1.165, 1.54) is 0 Å². The fourth-order valence-electron chi connectivity index (χ4n) is 2.25. The summed E-state index contributed by atoms with van der Waals surface area (Å²) < 4.78 is 35.1. The van der Waals surface area contributed by atoms with E-state index in [0.717, 1.165) is 17.7 Å². The van der Waals surface area contributed by atoms with E-state index in [-0.39, 0.29) is 0 Å². The van der Waals surface area contributed by atoms with Gasteiger partial charge in [-0.3, -0.25) is 0 Å². The predicted octanol–water partition coefficient (Wildman–Crippen LogP) is 4.55. The Balaban J connectivity index is 1.80. The molecule has 26 heavy (non-hydrogen) atoms. The summed E-state index contributed by atoms with van der Waals surface area (Å²) in [5.74, 6) is -1.05. The Morgan fingerprint density at radius 1 is 1.08 bits per heavy atom. The zero-order valence-electron chi connectivity index (χ0n) is 14.4. The lowest BCUT2D eigenvalue weighted by atomic mass is 10.1. The van der Waals surface area contributed by atoms with E-state index < -0.39 is 5.76 Å². The first-order valence-corrected chi connectivity index (χ1v) is 9.11. The van der Waals surface area contributed by atoms with Crippen LogP contribution in [0.4, 0.5) is 14.5 Å². The molecule has 140 valence electrons. The Kier molecular flexibility index (Phi) is 7.93. The maximum Gasteiger partial charge on any atom is 0.288 e. The van der Waals surface area contributed by atoms with Crippen molar-refractivity contribution in [3.63, 3.8) is 0 Å². The first-order valence-electron chi connectivity index (χ1n) is 7.82. The second-order valence-electron chi connectivity index (χ2n) is 5.22. The second-order valence-corrected chi connectivity index (χ2v) is 6.69. The Morgan fingerprint density at radius 2 is 1.77 bits per heavy atom. The SMILES string of the molecule is COc1ccc(CCNC(=S)Nc2ccc(SC(F)F)cc2)cc1OC. The molecular weight excluding hydrogens is 378 g/mol. The lowest BCUT2D eigenvalue weighted by molar-refractivity contribution is 0.252. The molecule has 0 heterocycles. The molecule has 0 unspecified atom stereocenters. The largest absolute Gasteiger partial charge is 0.493 e. The highest BCUT2D eigenvalue weighted by Crippen LogP contribution is 2.28. The van der Waals surface area contributed by atoms with Gasteiger partial charge in [-0.15, -0.1) is 0 Å². The van der Waals surface area contributed by atoms with Crippen LogP contribution in [-0.2, 0) is 6.42 Å². The third-order valence-electron chi connectivity index (χ3n) is 3.48. The fourth-order valence-corrected chi connectivity index (χ4v) is 2.97. The van der Waals surface area contributed by atoms with Crippen molar-refractivity contribution in [3.05, 3.63) is 48.0 Å². The Bertz CT molecular complexity index is 728. The Labute approximate surface area is 161 Å². The minimum Gasteiger partial charge on any atom is -0.493 e. The highest BCUT2D eigenvalue weighted by molar-refractivity contribution is 7.99. The van der Waals surface area contributed by atoms with Gasteiger partial charge in [0.2, 0.25) is 0 Å². The molecular formula is C18H20F2N2O2S2. The van der Waals surface area contributed by atoms with Crippen molar-refractivity contribution in [2.45, 2.75) is 17.1 Å². The van der Waals surface area contributed by atoms with Crippen LogP contribution in [0.2, 0.25) is 0 Å². The van der Waals surface area contributed by atoms with E-state index in [1.807, 2.05) is 18.2 Å². The molecule has 0 aliphatic rings. The van der Waals surface area contributed by atoms with E-state index in [2.05, 4.69) is 10.6 Å². The van der Waals surface area contributed by atoms with Gasteiger partial charge in [-0.1, -0.05) is 17.8 Å². The van der Waals surface area contributed by atoms with E-state index in [0.29, 0.717) is 39.8 Å². The summed E-state index contributed by atoms with van der Waals surface area (Å²) in [6.07, 6.45) is 0.756. The average Bonchev–Trinajstić information content (AvgIpc) is 2.62. The minimum atomic E-state index is -2.42. The van der Waals surface area contributed by atoms with Gasteiger partial charge in [-0.05, 0) is 60.6 Å². The third-order valence-corrected chi connectivity index (χ3v) is 4.45. The molecule has 0 saturated heterocycles. The number of rotatable bonds is 8. The van der Waals surface area contributed by atoms with Gasteiger partial charge >= 0.3 is 0 Å². The first kappa shape index (κ1) is 20.3. The number of hydrogen-bond donors (Lipinski definition) is 2.